The summed E-state index contributed by atoms with van der Waals surface area (Å²) in [5.74, 6) is 1.02. The minimum absolute atomic E-state index is 0.500. The van der Waals surface area contributed by atoms with Crippen LogP contribution in [0.4, 0.5) is 5.69 Å². The van der Waals surface area contributed by atoms with Gasteiger partial charge in [-0.25, -0.2) is 9.67 Å². The zero-order valence-corrected chi connectivity index (χ0v) is 11.8. The molecule has 0 saturated carbocycles. The van der Waals surface area contributed by atoms with Crippen molar-refractivity contribution in [2.24, 2.45) is 0 Å². The van der Waals surface area contributed by atoms with Crippen LogP contribution in [0, 0.1) is 6.92 Å². The number of nitrogens with zero attached hydrogens (tertiary/aromatic N) is 4. The highest BCUT2D eigenvalue weighted by Gasteiger charge is 2.16. The lowest BCUT2D eigenvalue weighted by molar-refractivity contribution is 0.395. The maximum atomic E-state index is 6.10. The van der Waals surface area contributed by atoms with Gasteiger partial charge in [0.25, 0.3) is 5.95 Å². The van der Waals surface area contributed by atoms with Gasteiger partial charge < -0.3 is 10.5 Å². The molecule has 0 atom stereocenters. The highest BCUT2D eigenvalue weighted by Crippen LogP contribution is 2.21. The number of ether oxygens (including phenoxy) is 1. The molecule has 0 saturated heterocycles. The first-order valence-electron chi connectivity index (χ1n) is 6.36. The van der Waals surface area contributed by atoms with Gasteiger partial charge in [-0.15, -0.1) is 0 Å². The Morgan fingerprint density at radius 2 is 2.00 bits per heavy atom. The van der Waals surface area contributed by atoms with Crippen LogP contribution in [0.1, 0.15) is 30.9 Å². The molecule has 0 unspecified atom stereocenters. The first-order valence-corrected chi connectivity index (χ1v) is 6.36. The van der Waals surface area contributed by atoms with Crippen LogP contribution < -0.4 is 10.5 Å². The standard InChI is InChI=1S/C13H19N5O/c1-5-9-12(14)10(6-2)18(17-9)13-15-8(3)7-11(16-13)19-4/h7H,5-6,14H2,1-4H3. The fourth-order valence-electron chi connectivity index (χ4n) is 2.01. The molecule has 0 fully saturated rings. The zero-order valence-electron chi connectivity index (χ0n) is 11.8. The Labute approximate surface area is 112 Å². The fraction of sp³-hybridized carbons (Fsp3) is 0.462. The summed E-state index contributed by atoms with van der Waals surface area (Å²) in [6, 6.07) is 1.78. The number of hydrogen-bond acceptors (Lipinski definition) is 5. The molecule has 0 amide bonds. The molecule has 0 aromatic carbocycles. The lowest BCUT2D eigenvalue weighted by atomic mass is 10.2. The van der Waals surface area contributed by atoms with E-state index in [9.17, 15) is 0 Å². The van der Waals surface area contributed by atoms with Crippen LogP contribution in [0.2, 0.25) is 0 Å². The van der Waals surface area contributed by atoms with Gasteiger partial charge in [0.2, 0.25) is 5.88 Å². The normalized spacial score (nSPS) is 10.7. The minimum atomic E-state index is 0.500. The van der Waals surface area contributed by atoms with E-state index in [0.717, 1.165) is 35.6 Å². The number of rotatable bonds is 4. The van der Waals surface area contributed by atoms with Crippen LogP contribution in [0.3, 0.4) is 0 Å². The molecule has 0 bridgehead atoms. The summed E-state index contributed by atoms with van der Waals surface area (Å²) >= 11 is 0. The van der Waals surface area contributed by atoms with Gasteiger partial charge >= 0.3 is 0 Å². The van der Waals surface area contributed by atoms with E-state index < -0.39 is 0 Å². The molecule has 102 valence electrons. The third-order valence-electron chi connectivity index (χ3n) is 2.99. The summed E-state index contributed by atoms with van der Waals surface area (Å²) in [6.45, 7) is 5.96. The molecule has 0 aliphatic rings. The van der Waals surface area contributed by atoms with Crippen LogP contribution in [-0.4, -0.2) is 26.9 Å². The number of nitrogens with two attached hydrogens (primary N) is 1. The SMILES string of the molecule is CCc1nn(-c2nc(C)cc(OC)n2)c(CC)c1N. The lowest BCUT2D eigenvalue weighted by Crippen LogP contribution is -2.09. The van der Waals surface area contributed by atoms with Crippen molar-refractivity contribution in [1.82, 2.24) is 19.7 Å². The second-order valence-corrected chi connectivity index (χ2v) is 4.28. The second-order valence-electron chi connectivity index (χ2n) is 4.28. The second kappa shape index (κ2) is 5.26. The summed E-state index contributed by atoms with van der Waals surface area (Å²) in [6.07, 6.45) is 1.56. The number of methoxy groups -OCH3 is 1. The minimum Gasteiger partial charge on any atom is -0.481 e. The molecule has 0 spiro atoms. The largest absolute Gasteiger partial charge is 0.481 e. The maximum Gasteiger partial charge on any atom is 0.254 e. The number of anilines is 1. The highest BCUT2D eigenvalue weighted by molar-refractivity contribution is 5.50. The third-order valence-corrected chi connectivity index (χ3v) is 2.99. The van der Waals surface area contributed by atoms with Gasteiger partial charge in [-0.2, -0.15) is 10.1 Å². The van der Waals surface area contributed by atoms with Crippen molar-refractivity contribution in [3.05, 3.63) is 23.1 Å². The van der Waals surface area contributed by atoms with Crippen molar-refractivity contribution in [2.75, 3.05) is 12.8 Å². The summed E-state index contributed by atoms with van der Waals surface area (Å²) in [5.41, 5.74) is 9.47. The molecular formula is C13H19N5O. The van der Waals surface area contributed by atoms with Crippen molar-refractivity contribution in [3.8, 4) is 11.8 Å². The quantitative estimate of drug-likeness (QED) is 0.906. The van der Waals surface area contributed by atoms with E-state index in [4.69, 9.17) is 10.5 Å². The van der Waals surface area contributed by atoms with Crippen LogP contribution in [0.25, 0.3) is 5.95 Å². The van der Waals surface area contributed by atoms with Crippen molar-refractivity contribution in [2.45, 2.75) is 33.6 Å². The molecule has 2 aromatic heterocycles. The molecule has 0 radical (unpaired) electrons. The Bertz CT molecular complexity index is 591. The zero-order chi connectivity index (χ0) is 14.0. The van der Waals surface area contributed by atoms with Gasteiger partial charge in [0.1, 0.15) is 0 Å². The number of aromatic nitrogens is 4. The Kier molecular flexibility index (Phi) is 3.69. The molecule has 2 rings (SSSR count). The Hall–Kier alpha value is -2.11. The molecule has 6 nitrogen and oxygen atoms in total. The lowest BCUT2D eigenvalue weighted by Gasteiger charge is -2.07. The van der Waals surface area contributed by atoms with Crippen molar-refractivity contribution in [3.63, 3.8) is 0 Å². The van der Waals surface area contributed by atoms with E-state index >= 15 is 0 Å². The van der Waals surface area contributed by atoms with Crippen LogP contribution >= 0.6 is 0 Å². The molecule has 0 aliphatic heterocycles. The molecule has 0 aliphatic carbocycles. The summed E-state index contributed by atoms with van der Waals surface area (Å²) in [4.78, 5) is 8.73. The average molecular weight is 261 g/mol. The van der Waals surface area contributed by atoms with E-state index in [1.165, 1.54) is 0 Å². The van der Waals surface area contributed by atoms with E-state index in [2.05, 4.69) is 15.1 Å². The van der Waals surface area contributed by atoms with E-state index in [-0.39, 0.29) is 0 Å². The fourth-order valence-corrected chi connectivity index (χ4v) is 2.01. The molecule has 19 heavy (non-hydrogen) atoms. The predicted octanol–water partition coefficient (Wildman–Crippen LogP) is 1.69. The molecule has 2 aromatic rings. The molecule has 2 heterocycles. The Morgan fingerprint density at radius 3 is 2.58 bits per heavy atom. The van der Waals surface area contributed by atoms with Gasteiger partial charge in [0, 0.05) is 11.8 Å². The Balaban J connectivity index is 2.61. The van der Waals surface area contributed by atoms with Gasteiger partial charge in [-0.05, 0) is 19.8 Å². The van der Waals surface area contributed by atoms with Crippen LogP contribution in [-0.2, 0) is 12.8 Å². The van der Waals surface area contributed by atoms with Gasteiger partial charge in [0.15, 0.2) is 0 Å². The molecule has 2 N–H and O–H groups in total. The van der Waals surface area contributed by atoms with Crippen molar-refractivity contribution >= 4 is 5.69 Å². The topological polar surface area (TPSA) is 78.8 Å². The van der Waals surface area contributed by atoms with Crippen molar-refractivity contribution in [1.29, 1.82) is 0 Å². The van der Waals surface area contributed by atoms with Crippen LogP contribution in [0.15, 0.2) is 6.07 Å². The highest BCUT2D eigenvalue weighted by atomic mass is 16.5. The monoisotopic (exact) mass is 261 g/mol. The summed E-state index contributed by atoms with van der Waals surface area (Å²) < 4.78 is 6.88. The van der Waals surface area contributed by atoms with Gasteiger partial charge in [-0.3, -0.25) is 0 Å². The first-order chi connectivity index (χ1) is 9.10. The van der Waals surface area contributed by atoms with Gasteiger partial charge in [-0.1, -0.05) is 13.8 Å². The number of hydrogen-bond donors (Lipinski definition) is 1. The molecular weight excluding hydrogens is 242 g/mol. The van der Waals surface area contributed by atoms with E-state index in [0.29, 0.717) is 11.8 Å². The van der Waals surface area contributed by atoms with Crippen molar-refractivity contribution < 1.29 is 4.74 Å². The van der Waals surface area contributed by atoms with Crippen LogP contribution in [0.5, 0.6) is 5.88 Å². The summed E-state index contributed by atoms with van der Waals surface area (Å²) in [5, 5.41) is 4.50. The number of aryl methyl sites for hydroxylation is 2. The number of nitrogen functional groups attached to an aromatic ring is 1. The van der Waals surface area contributed by atoms with E-state index in [1.807, 2.05) is 20.8 Å². The van der Waals surface area contributed by atoms with Gasteiger partial charge in [0.05, 0.1) is 24.2 Å². The smallest absolute Gasteiger partial charge is 0.254 e. The molecule has 6 heteroatoms. The van der Waals surface area contributed by atoms with E-state index in [1.54, 1.807) is 17.9 Å². The third kappa shape index (κ3) is 2.38. The summed E-state index contributed by atoms with van der Waals surface area (Å²) in [7, 11) is 1.58. The predicted molar refractivity (Wildman–Crippen MR) is 73.6 cm³/mol. The average Bonchev–Trinajstić information content (AvgIpc) is 2.74. The Morgan fingerprint density at radius 1 is 1.26 bits per heavy atom. The maximum absolute atomic E-state index is 6.10. The first kappa shape index (κ1) is 13.3.